The summed E-state index contributed by atoms with van der Waals surface area (Å²) in [4.78, 5) is 15.0. The predicted molar refractivity (Wildman–Crippen MR) is 41.6 cm³/mol. The van der Waals surface area contributed by atoms with E-state index in [1.807, 2.05) is 0 Å². The summed E-state index contributed by atoms with van der Waals surface area (Å²) >= 11 is 0. The molecule has 1 heterocycles. The van der Waals surface area contributed by atoms with E-state index in [1.165, 1.54) is 18.9 Å². The smallest absolute Gasteiger partial charge is 0.249 e. The summed E-state index contributed by atoms with van der Waals surface area (Å²) < 4.78 is 0. The first kappa shape index (κ1) is 8.00. The fourth-order valence-corrected chi connectivity index (χ4v) is 1.15. The highest BCUT2D eigenvalue weighted by atomic mass is 16.1. The zero-order valence-electron chi connectivity index (χ0n) is 6.34. The van der Waals surface area contributed by atoms with Gasteiger partial charge in [0.15, 0.2) is 0 Å². The van der Waals surface area contributed by atoms with Crippen LogP contribution in [-0.2, 0) is 4.79 Å². The maximum atomic E-state index is 9.59. The van der Waals surface area contributed by atoms with E-state index in [2.05, 4.69) is 21.9 Å². The molecule has 1 fully saturated rings. The van der Waals surface area contributed by atoms with E-state index in [4.69, 9.17) is 0 Å². The molecule has 0 radical (unpaired) electrons. The minimum Gasteiger partial charge on any atom is -0.292 e. The highest BCUT2D eigenvalue weighted by Crippen LogP contribution is 2.05. The highest BCUT2D eigenvalue weighted by molar-refractivity contribution is 5.36. The van der Waals surface area contributed by atoms with Gasteiger partial charge in [0.2, 0.25) is 6.08 Å². The van der Waals surface area contributed by atoms with Crippen molar-refractivity contribution in [1.29, 1.82) is 0 Å². The van der Waals surface area contributed by atoms with Crippen molar-refractivity contribution in [3.8, 4) is 12.0 Å². The quantitative estimate of drug-likeness (QED) is 0.307. The number of rotatable bonds is 1. The zero-order chi connectivity index (χ0) is 7.94. The molecule has 0 saturated carbocycles. The van der Waals surface area contributed by atoms with Crippen LogP contribution in [0, 0.1) is 12.0 Å². The number of hydrogen-bond acceptors (Lipinski definition) is 3. The van der Waals surface area contributed by atoms with Gasteiger partial charge >= 0.3 is 0 Å². The van der Waals surface area contributed by atoms with Gasteiger partial charge in [0.1, 0.15) is 0 Å². The maximum Gasteiger partial charge on any atom is 0.249 e. The average Bonchev–Trinajstić information content (AvgIpc) is 2.50. The van der Waals surface area contributed by atoms with Crippen LogP contribution in [0.2, 0.25) is 0 Å². The van der Waals surface area contributed by atoms with Gasteiger partial charge in [-0.1, -0.05) is 5.92 Å². The average molecular weight is 150 g/mol. The lowest BCUT2D eigenvalue weighted by molar-refractivity contribution is 0.383. The first-order valence-electron chi connectivity index (χ1n) is 3.70. The molecule has 0 bridgehead atoms. The molecule has 1 saturated heterocycles. The number of carbonyl (C=O) groups excluding carboxylic acids is 1. The lowest BCUT2D eigenvalue weighted by Crippen LogP contribution is -2.18. The Bertz CT molecular complexity index is 214. The molecule has 1 aliphatic rings. The third-order valence-electron chi connectivity index (χ3n) is 1.68. The number of likely N-dealkylation sites (tertiary alicyclic amines) is 1. The molecule has 0 spiro atoms. The first-order chi connectivity index (χ1) is 5.43. The van der Waals surface area contributed by atoms with E-state index in [9.17, 15) is 4.79 Å². The Balaban J connectivity index is 2.21. The number of hydrogen-bond donors (Lipinski definition) is 0. The monoisotopic (exact) mass is 150 g/mol. The maximum absolute atomic E-state index is 9.59. The van der Waals surface area contributed by atoms with E-state index in [0.717, 1.165) is 19.6 Å². The summed E-state index contributed by atoms with van der Waals surface area (Å²) in [6, 6.07) is 2.37. The first-order valence-corrected chi connectivity index (χ1v) is 3.70. The number of nitrogens with zero attached hydrogens (tertiary/aromatic N) is 2. The van der Waals surface area contributed by atoms with Crippen LogP contribution in [0.25, 0.3) is 0 Å². The molecule has 0 atom stereocenters. The Morgan fingerprint density at radius 2 is 2.09 bits per heavy atom. The second kappa shape index (κ2) is 4.68. The third-order valence-corrected chi connectivity index (χ3v) is 1.68. The van der Waals surface area contributed by atoms with Gasteiger partial charge < -0.3 is 0 Å². The topological polar surface area (TPSA) is 32.7 Å². The SMILES string of the molecule is O=C=NC#CCN1CCCC1. The normalized spacial score (nSPS) is 16.7. The van der Waals surface area contributed by atoms with Crippen molar-refractivity contribution in [3.05, 3.63) is 0 Å². The van der Waals surface area contributed by atoms with Gasteiger partial charge in [-0.2, -0.15) is 0 Å². The molecule has 0 unspecified atom stereocenters. The largest absolute Gasteiger partial charge is 0.292 e. The van der Waals surface area contributed by atoms with E-state index in [0.29, 0.717) is 0 Å². The minimum atomic E-state index is 0.727. The Morgan fingerprint density at radius 1 is 1.36 bits per heavy atom. The molecule has 3 heteroatoms. The zero-order valence-corrected chi connectivity index (χ0v) is 6.34. The summed E-state index contributed by atoms with van der Waals surface area (Å²) in [6.45, 7) is 2.98. The van der Waals surface area contributed by atoms with Gasteiger partial charge in [-0.05, 0) is 25.9 Å². The van der Waals surface area contributed by atoms with E-state index >= 15 is 0 Å². The van der Waals surface area contributed by atoms with E-state index < -0.39 is 0 Å². The molecular weight excluding hydrogens is 140 g/mol. The molecule has 0 aromatic carbocycles. The van der Waals surface area contributed by atoms with Gasteiger partial charge in [-0.3, -0.25) is 4.90 Å². The summed E-state index contributed by atoms with van der Waals surface area (Å²) in [7, 11) is 0. The highest BCUT2D eigenvalue weighted by Gasteiger charge is 2.08. The molecule has 58 valence electrons. The van der Waals surface area contributed by atoms with Crippen molar-refractivity contribution in [3.63, 3.8) is 0 Å². The van der Waals surface area contributed by atoms with Gasteiger partial charge in [0.25, 0.3) is 0 Å². The molecule has 1 aliphatic heterocycles. The van der Waals surface area contributed by atoms with Crippen molar-refractivity contribution in [2.45, 2.75) is 12.8 Å². The lowest BCUT2D eigenvalue weighted by Gasteiger charge is -2.07. The third kappa shape index (κ3) is 2.99. The van der Waals surface area contributed by atoms with Gasteiger partial charge in [0, 0.05) is 6.04 Å². The number of isocyanates is 1. The fourth-order valence-electron chi connectivity index (χ4n) is 1.15. The van der Waals surface area contributed by atoms with Crippen LogP contribution in [0.1, 0.15) is 12.8 Å². The molecule has 0 amide bonds. The molecule has 11 heavy (non-hydrogen) atoms. The van der Waals surface area contributed by atoms with E-state index in [1.54, 1.807) is 0 Å². The van der Waals surface area contributed by atoms with Crippen LogP contribution >= 0.6 is 0 Å². The Morgan fingerprint density at radius 3 is 2.73 bits per heavy atom. The van der Waals surface area contributed by atoms with Gasteiger partial charge in [-0.15, -0.1) is 4.99 Å². The Kier molecular flexibility index (Phi) is 3.40. The summed E-state index contributed by atoms with van der Waals surface area (Å²) in [5, 5.41) is 0. The number of aliphatic imine (C=N–C) groups is 1. The van der Waals surface area contributed by atoms with Crippen molar-refractivity contribution in [1.82, 2.24) is 4.90 Å². The van der Waals surface area contributed by atoms with Gasteiger partial charge in [-0.25, -0.2) is 4.79 Å². The Hall–Kier alpha value is -1.10. The summed E-state index contributed by atoms with van der Waals surface area (Å²) in [5.74, 6) is 2.78. The molecule has 0 aromatic heterocycles. The lowest BCUT2D eigenvalue weighted by atomic mass is 10.4. The van der Waals surface area contributed by atoms with Crippen LogP contribution in [0.15, 0.2) is 4.99 Å². The predicted octanol–water partition coefficient (Wildman–Crippen LogP) is 0.379. The molecule has 0 N–H and O–H groups in total. The molecule has 0 aliphatic carbocycles. The van der Waals surface area contributed by atoms with Crippen LogP contribution in [0.3, 0.4) is 0 Å². The second-order valence-electron chi connectivity index (χ2n) is 2.47. The van der Waals surface area contributed by atoms with Crippen LogP contribution in [0.4, 0.5) is 0 Å². The van der Waals surface area contributed by atoms with Gasteiger partial charge in [0.05, 0.1) is 6.54 Å². The molecular formula is C8H10N2O. The molecule has 3 nitrogen and oxygen atoms in total. The summed E-state index contributed by atoms with van der Waals surface area (Å²) in [6.07, 6.45) is 3.90. The van der Waals surface area contributed by atoms with Crippen LogP contribution < -0.4 is 0 Å². The van der Waals surface area contributed by atoms with Crippen LogP contribution in [0.5, 0.6) is 0 Å². The minimum absolute atomic E-state index is 0.727. The van der Waals surface area contributed by atoms with Crippen molar-refractivity contribution in [2.24, 2.45) is 4.99 Å². The van der Waals surface area contributed by atoms with E-state index in [-0.39, 0.29) is 0 Å². The van der Waals surface area contributed by atoms with Crippen molar-refractivity contribution >= 4 is 6.08 Å². The van der Waals surface area contributed by atoms with Crippen LogP contribution in [-0.4, -0.2) is 30.6 Å². The Labute approximate surface area is 66.1 Å². The van der Waals surface area contributed by atoms with Crippen molar-refractivity contribution in [2.75, 3.05) is 19.6 Å². The summed E-state index contributed by atoms with van der Waals surface area (Å²) in [5.41, 5.74) is 0. The standard InChI is InChI=1S/C8H10N2O/c11-8-9-4-3-7-10-5-1-2-6-10/h1-2,5-7H2. The molecule has 0 aromatic rings. The van der Waals surface area contributed by atoms with Crippen molar-refractivity contribution < 1.29 is 4.79 Å². The molecule has 1 rings (SSSR count). The second-order valence-corrected chi connectivity index (χ2v) is 2.47. The fraction of sp³-hybridized carbons (Fsp3) is 0.625.